The largest absolute Gasteiger partial charge is 0.376 e. The Morgan fingerprint density at radius 3 is 2.93 bits per heavy atom. The number of carbonyl (C=O) groups excluding carboxylic acids is 1. The van der Waals surface area contributed by atoms with E-state index in [-0.39, 0.29) is 24.2 Å². The molecule has 0 radical (unpaired) electrons. The number of carbonyl (C=O) groups is 1. The lowest BCUT2D eigenvalue weighted by molar-refractivity contribution is -0.117. The fourth-order valence-electron chi connectivity index (χ4n) is 2.40. The highest BCUT2D eigenvalue weighted by Gasteiger charge is 2.51. The van der Waals surface area contributed by atoms with Crippen LogP contribution in [0.15, 0.2) is 0 Å². The number of ether oxygens (including phenoxy) is 1. The first kappa shape index (κ1) is 10.7. The van der Waals surface area contributed by atoms with Crippen LogP contribution in [0.1, 0.15) is 12.8 Å². The Labute approximate surface area is 89.9 Å². The maximum absolute atomic E-state index is 11.5. The van der Waals surface area contributed by atoms with E-state index in [4.69, 9.17) is 10.5 Å². The van der Waals surface area contributed by atoms with Crippen LogP contribution in [0.25, 0.3) is 0 Å². The third-order valence-corrected chi connectivity index (χ3v) is 3.37. The lowest BCUT2D eigenvalue weighted by atomic mass is 9.69. The molecule has 5 heteroatoms. The Hall–Kier alpha value is -0.810. The lowest BCUT2D eigenvalue weighted by Crippen LogP contribution is -2.72. The second kappa shape index (κ2) is 3.98. The molecule has 86 valence electrons. The molecular formula is C10H19N3O2. The summed E-state index contributed by atoms with van der Waals surface area (Å²) < 4.78 is 5.63. The fourth-order valence-corrected chi connectivity index (χ4v) is 2.40. The first-order valence-electron chi connectivity index (χ1n) is 5.46. The molecule has 0 aromatic carbocycles. The van der Waals surface area contributed by atoms with Crippen LogP contribution in [0, 0.1) is 5.92 Å². The topological polar surface area (TPSA) is 67.6 Å². The number of hydrogen-bond donors (Lipinski definition) is 2. The molecule has 4 atom stereocenters. The molecule has 0 spiro atoms. The number of rotatable bonds is 1. The maximum Gasteiger partial charge on any atom is 0.317 e. The molecule has 1 heterocycles. The van der Waals surface area contributed by atoms with Gasteiger partial charge in [0.15, 0.2) is 0 Å². The van der Waals surface area contributed by atoms with Crippen molar-refractivity contribution in [2.75, 3.05) is 20.7 Å². The minimum Gasteiger partial charge on any atom is -0.376 e. The van der Waals surface area contributed by atoms with E-state index in [1.807, 2.05) is 0 Å². The van der Waals surface area contributed by atoms with Gasteiger partial charge in [0.1, 0.15) is 0 Å². The van der Waals surface area contributed by atoms with Crippen LogP contribution >= 0.6 is 0 Å². The molecule has 1 saturated carbocycles. The Balaban J connectivity index is 1.91. The SMILES string of the molecule is CN(C)C(=O)NC1C(N)C2CCCOC21. The van der Waals surface area contributed by atoms with Crippen molar-refractivity contribution in [3.63, 3.8) is 0 Å². The maximum atomic E-state index is 11.5. The molecule has 2 fully saturated rings. The van der Waals surface area contributed by atoms with Crippen molar-refractivity contribution in [2.45, 2.75) is 31.0 Å². The number of urea groups is 1. The number of hydrogen-bond acceptors (Lipinski definition) is 3. The van der Waals surface area contributed by atoms with Crippen LogP contribution in [0.3, 0.4) is 0 Å². The van der Waals surface area contributed by atoms with Gasteiger partial charge in [-0.2, -0.15) is 0 Å². The summed E-state index contributed by atoms with van der Waals surface area (Å²) in [5.74, 6) is 0.436. The first-order valence-corrected chi connectivity index (χ1v) is 5.46. The Morgan fingerprint density at radius 1 is 1.53 bits per heavy atom. The van der Waals surface area contributed by atoms with Gasteiger partial charge in [-0.1, -0.05) is 0 Å². The molecule has 4 unspecified atom stereocenters. The number of fused-ring (bicyclic) bond motifs is 1. The van der Waals surface area contributed by atoms with E-state index >= 15 is 0 Å². The summed E-state index contributed by atoms with van der Waals surface area (Å²) in [5, 5.41) is 2.90. The predicted molar refractivity (Wildman–Crippen MR) is 56.4 cm³/mol. The zero-order chi connectivity index (χ0) is 11.0. The van der Waals surface area contributed by atoms with Gasteiger partial charge in [-0.25, -0.2) is 4.79 Å². The molecule has 1 saturated heterocycles. The lowest BCUT2D eigenvalue weighted by Gasteiger charge is -2.52. The van der Waals surface area contributed by atoms with E-state index < -0.39 is 0 Å². The van der Waals surface area contributed by atoms with E-state index in [1.165, 1.54) is 4.90 Å². The second-order valence-electron chi connectivity index (χ2n) is 4.59. The van der Waals surface area contributed by atoms with Gasteiger partial charge in [0.05, 0.1) is 12.1 Å². The average molecular weight is 213 g/mol. The average Bonchev–Trinajstić information content (AvgIpc) is 2.24. The van der Waals surface area contributed by atoms with Crippen molar-refractivity contribution in [2.24, 2.45) is 11.7 Å². The summed E-state index contributed by atoms with van der Waals surface area (Å²) in [6.45, 7) is 0.794. The quantitative estimate of drug-likeness (QED) is 0.632. The van der Waals surface area contributed by atoms with E-state index in [1.54, 1.807) is 14.1 Å². The van der Waals surface area contributed by atoms with Gasteiger partial charge in [-0.15, -0.1) is 0 Å². The summed E-state index contributed by atoms with van der Waals surface area (Å²) in [5.41, 5.74) is 6.01. The minimum atomic E-state index is -0.0944. The van der Waals surface area contributed by atoms with Crippen LogP contribution in [0.5, 0.6) is 0 Å². The number of nitrogens with two attached hydrogens (primary N) is 1. The van der Waals surface area contributed by atoms with Gasteiger partial charge in [-0.3, -0.25) is 0 Å². The highest BCUT2D eigenvalue weighted by atomic mass is 16.5. The molecule has 15 heavy (non-hydrogen) atoms. The molecule has 0 bridgehead atoms. The van der Waals surface area contributed by atoms with E-state index in [0.29, 0.717) is 5.92 Å². The van der Waals surface area contributed by atoms with Crippen LogP contribution in [0.4, 0.5) is 4.79 Å². The van der Waals surface area contributed by atoms with Crippen LogP contribution in [-0.4, -0.2) is 49.8 Å². The summed E-state index contributed by atoms with van der Waals surface area (Å²) in [6, 6.07) is -0.0486. The monoisotopic (exact) mass is 213 g/mol. The van der Waals surface area contributed by atoms with Gasteiger partial charge < -0.3 is 20.7 Å². The van der Waals surface area contributed by atoms with Crippen LogP contribution in [-0.2, 0) is 4.74 Å². The van der Waals surface area contributed by atoms with Crippen molar-refractivity contribution >= 4 is 6.03 Å². The van der Waals surface area contributed by atoms with Crippen molar-refractivity contribution in [1.29, 1.82) is 0 Å². The minimum absolute atomic E-state index is 0.00907. The second-order valence-corrected chi connectivity index (χ2v) is 4.59. The standard InChI is InChI=1S/C10H19N3O2/c1-13(2)10(14)12-8-7(11)6-4-3-5-15-9(6)8/h6-9H,3-5,11H2,1-2H3,(H,12,14). The Morgan fingerprint density at radius 2 is 2.27 bits per heavy atom. The van der Waals surface area contributed by atoms with Crippen molar-refractivity contribution < 1.29 is 9.53 Å². The third-order valence-electron chi connectivity index (χ3n) is 3.37. The summed E-state index contributed by atoms with van der Waals surface area (Å²) in [6.07, 6.45) is 2.35. The van der Waals surface area contributed by atoms with Gasteiger partial charge in [0.25, 0.3) is 0 Å². The van der Waals surface area contributed by atoms with Crippen LogP contribution < -0.4 is 11.1 Å². The van der Waals surface area contributed by atoms with Gasteiger partial charge in [0.2, 0.25) is 0 Å². The molecule has 3 N–H and O–H groups in total. The molecule has 0 aromatic heterocycles. The Bertz CT molecular complexity index is 257. The van der Waals surface area contributed by atoms with Crippen molar-refractivity contribution in [3.05, 3.63) is 0 Å². The summed E-state index contributed by atoms with van der Waals surface area (Å²) in [7, 11) is 3.44. The molecule has 2 aliphatic rings. The zero-order valence-electron chi connectivity index (χ0n) is 9.27. The molecule has 1 aliphatic heterocycles. The molecule has 5 nitrogen and oxygen atoms in total. The third kappa shape index (κ3) is 1.81. The van der Waals surface area contributed by atoms with Crippen molar-refractivity contribution in [3.8, 4) is 0 Å². The zero-order valence-corrected chi connectivity index (χ0v) is 9.27. The highest BCUT2D eigenvalue weighted by Crippen LogP contribution is 2.36. The van der Waals surface area contributed by atoms with Crippen molar-refractivity contribution in [1.82, 2.24) is 10.2 Å². The molecule has 2 amide bonds. The Kier molecular flexibility index (Phi) is 2.84. The normalized spacial score (nSPS) is 38.9. The number of nitrogens with one attached hydrogen (secondary N) is 1. The predicted octanol–water partition coefficient (Wildman–Crippen LogP) is -0.238. The molecule has 0 aromatic rings. The fraction of sp³-hybridized carbons (Fsp3) is 0.900. The van der Waals surface area contributed by atoms with E-state index in [0.717, 1.165) is 19.4 Å². The molecule has 2 rings (SSSR count). The first-order chi connectivity index (χ1) is 7.11. The van der Waals surface area contributed by atoms with Gasteiger partial charge in [0, 0.05) is 32.7 Å². The van der Waals surface area contributed by atoms with E-state index in [2.05, 4.69) is 5.32 Å². The smallest absolute Gasteiger partial charge is 0.317 e. The summed E-state index contributed by atoms with van der Waals surface area (Å²) in [4.78, 5) is 13.0. The van der Waals surface area contributed by atoms with Crippen LogP contribution in [0.2, 0.25) is 0 Å². The highest BCUT2D eigenvalue weighted by molar-refractivity contribution is 5.74. The molecular weight excluding hydrogens is 194 g/mol. The number of amides is 2. The van der Waals surface area contributed by atoms with Gasteiger partial charge >= 0.3 is 6.03 Å². The van der Waals surface area contributed by atoms with Gasteiger partial charge in [-0.05, 0) is 12.8 Å². The van der Waals surface area contributed by atoms with E-state index in [9.17, 15) is 4.79 Å². The molecule has 1 aliphatic carbocycles. The summed E-state index contributed by atoms with van der Waals surface area (Å²) >= 11 is 0. The number of nitrogens with zero attached hydrogens (tertiary/aromatic N) is 1.